The van der Waals surface area contributed by atoms with E-state index in [9.17, 15) is 9.18 Å². The van der Waals surface area contributed by atoms with Gasteiger partial charge in [0.05, 0.1) is 5.69 Å². The zero-order valence-corrected chi connectivity index (χ0v) is 18.2. The molecule has 4 aromatic rings. The third-order valence-corrected chi connectivity index (χ3v) is 5.65. The van der Waals surface area contributed by atoms with E-state index in [2.05, 4.69) is 41.6 Å². The Labute approximate surface area is 184 Å². The van der Waals surface area contributed by atoms with Gasteiger partial charge in [0.25, 0.3) is 5.78 Å². The lowest BCUT2D eigenvalue weighted by molar-refractivity contribution is 0.262. The highest BCUT2D eigenvalue weighted by Gasteiger charge is 2.10. The van der Waals surface area contributed by atoms with Gasteiger partial charge in [-0.05, 0) is 55.0 Å². The highest BCUT2D eigenvalue weighted by atomic mass is 79.9. The number of hydrogen-bond acceptors (Lipinski definition) is 5. The molecule has 0 unspecified atom stereocenters. The standard InChI is InChI=1S/C20H16BrFN6OS/c1-2-13-10-18(28-19(25-13)23-11-24-28)30-15-6-4-14(5-7-15)26-20(29)27-17-8-3-12(21)9-16(17)22/h3-11H,2H2,1H3,(H2,26,27,29). The fourth-order valence-electron chi connectivity index (χ4n) is 2.69. The number of carbonyl (C=O) groups is 1. The molecule has 0 bridgehead atoms. The lowest BCUT2D eigenvalue weighted by Gasteiger charge is -2.10. The van der Waals surface area contributed by atoms with Crippen molar-refractivity contribution in [3.05, 3.63) is 70.8 Å². The number of benzene rings is 2. The number of fused-ring (bicyclic) bond motifs is 1. The predicted molar refractivity (Wildman–Crippen MR) is 117 cm³/mol. The van der Waals surface area contributed by atoms with E-state index in [0.717, 1.165) is 22.0 Å². The molecular formula is C20H16BrFN6OS. The van der Waals surface area contributed by atoms with Gasteiger partial charge in [-0.25, -0.2) is 14.2 Å². The predicted octanol–water partition coefficient (Wildman–Crippen LogP) is 5.38. The Bertz CT molecular complexity index is 1210. The molecule has 0 spiro atoms. The molecule has 0 aliphatic heterocycles. The van der Waals surface area contributed by atoms with E-state index >= 15 is 0 Å². The van der Waals surface area contributed by atoms with Gasteiger partial charge in [0.2, 0.25) is 0 Å². The van der Waals surface area contributed by atoms with Gasteiger partial charge in [-0.3, -0.25) is 0 Å². The third kappa shape index (κ3) is 4.60. The van der Waals surface area contributed by atoms with Gasteiger partial charge >= 0.3 is 6.03 Å². The van der Waals surface area contributed by atoms with Crippen molar-refractivity contribution >= 4 is 50.9 Å². The molecule has 2 heterocycles. The fraction of sp³-hybridized carbons (Fsp3) is 0.100. The number of hydrogen-bond donors (Lipinski definition) is 2. The zero-order chi connectivity index (χ0) is 21.1. The molecule has 2 amide bonds. The first-order valence-corrected chi connectivity index (χ1v) is 10.6. The molecule has 0 radical (unpaired) electrons. The minimum absolute atomic E-state index is 0.101. The summed E-state index contributed by atoms with van der Waals surface area (Å²) in [6.45, 7) is 2.04. The highest BCUT2D eigenvalue weighted by molar-refractivity contribution is 9.10. The van der Waals surface area contributed by atoms with Gasteiger partial charge < -0.3 is 10.6 Å². The largest absolute Gasteiger partial charge is 0.323 e. The third-order valence-electron chi connectivity index (χ3n) is 4.15. The van der Waals surface area contributed by atoms with Crippen molar-refractivity contribution in [1.82, 2.24) is 19.6 Å². The van der Waals surface area contributed by atoms with Crippen molar-refractivity contribution in [2.24, 2.45) is 0 Å². The van der Waals surface area contributed by atoms with Crippen molar-refractivity contribution in [2.75, 3.05) is 10.6 Å². The molecule has 2 aromatic heterocycles. The second-order valence-electron chi connectivity index (χ2n) is 6.24. The molecule has 30 heavy (non-hydrogen) atoms. The lowest BCUT2D eigenvalue weighted by atomic mass is 10.3. The number of amides is 2. The minimum atomic E-state index is -0.525. The van der Waals surface area contributed by atoms with Crippen LogP contribution in [0.3, 0.4) is 0 Å². The Morgan fingerprint density at radius 1 is 1.17 bits per heavy atom. The van der Waals surface area contributed by atoms with E-state index in [1.165, 1.54) is 30.2 Å². The number of aromatic nitrogens is 4. The summed E-state index contributed by atoms with van der Waals surface area (Å²) >= 11 is 4.71. The quantitative estimate of drug-likeness (QED) is 0.369. The smallest absolute Gasteiger partial charge is 0.308 e. The Kier molecular flexibility index (Phi) is 5.96. The zero-order valence-electron chi connectivity index (χ0n) is 15.8. The summed E-state index contributed by atoms with van der Waals surface area (Å²) in [7, 11) is 0. The van der Waals surface area contributed by atoms with Gasteiger partial charge in [0.15, 0.2) is 0 Å². The molecule has 4 rings (SSSR count). The van der Waals surface area contributed by atoms with Gasteiger partial charge in [-0.15, -0.1) is 0 Å². The molecule has 10 heteroatoms. The summed E-state index contributed by atoms with van der Waals surface area (Å²) in [5.41, 5.74) is 1.63. The van der Waals surface area contributed by atoms with E-state index in [1.807, 2.05) is 25.1 Å². The molecule has 0 aliphatic rings. The van der Waals surface area contributed by atoms with Crippen LogP contribution in [0.1, 0.15) is 12.6 Å². The Hall–Kier alpha value is -2.98. The summed E-state index contributed by atoms with van der Waals surface area (Å²) < 4.78 is 16.2. The van der Waals surface area contributed by atoms with Gasteiger partial charge in [-0.1, -0.05) is 34.6 Å². The second-order valence-corrected chi connectivity index (χ2v) is 8.25. The Balaban J connectivity index is 1.44. The number of anilines is 2. The van der Waals surface area contributed by atoms with E-state index < -0.39 is 11.8 Å². The number of carbonyl (C=O) groups excluding carboxylic acids is 1. The number of nitrogens with one attached hydrogen (secondary N) is 2. The minimum Gasteiger partial charge on any atom is -0.308 e. The number of urea groups is 1. The van der Waals surface area contributed by atoms with Crippen LogP contribution in [0.15, 0.2) is 69.3 Å². The van der Waals surface area contributed by atoms with Crippen molar-refractivity contribution in [3.8, 4) is 0 Å². The average Bonchev–Trinajstić information content (AvgIpc) is 3.20. The van der Waals surface area contributed by atoms with Crippen molar-refractivity contribution in [1.29, 1.82) is 0 Å². The molecule has 0 saturated carbocycles. The van der Waals surface area contributed by atoms with Crippen LogP contribution in [0.25, 0.3) is 5.78 Å². The lowest BCUT2D eigenvalue weighted by Crippen LogP contribution is -2.20. The average molecular weight is 487 g/mol. The molecule has 0 aliphatic carbocycles. The maximum Gasteiger partial charge on any atom is 0.323 e. The monoisotopic (exact) mass is 486 g/mol. The topological polar surface area (TPSA) is 84.2 Å². The SMILES string of the molecule is CCc1cc(Sc2ccc(NC(=O)Nc3ccc(Br)cc3F)cc2)n2ncnc2n1. The van der Waals surface area contributed by atoms with Crippen LogP contribution in [-0.2, 0) is 6.42 Å². The molecule has 0 atom stereocenters. The summed E-state index contributed by atoms with van der Waals surface area (Å²) in [5.74, 6) is 0.0430. The van der Waals surface area contributed by atoms with Crippen LogP contribution in [-0.4, -0.2) is 25.6 Å². The van der Waals surface area contributed by atoms with Gasteiger partial charge in [0, 0.05) is 20.7 Å². The molecule has 7 nitrogen and oxygen atoms in total. The van der Waals surface area contributed by atoms with E-state index in [-0.39, 0.29) is 5.69 Å². The van der Waals surface area contributed by atoms with E-state index in [0.29, 0.717) is 15.9 Å². The van der Waals surface area contributed by atoms with Crippen LogP contribution >= 0.6 is 27.7 Å². The van der Waals surface area contributed by atoms with Gasteiger partial charge in [0.1, 0.15) is 17.2 Å². The Morgan fingerprint density at radius 2 is 1.97 bits per heavy atom. The van der Waals surface area contributed by atoms with Crippen molar-refractivity contribution < 1.29 is 9.18 Å². The van der Waals surface area contributed by atoms with Crippen LogP contribution in [0, 0.1) is 5.82 Å². The first kappa shape index (κ1) is 20.3. The molecule has 152 valence electrons. The summed E-state index contributed by atoms with van der Waals surface area (Å²) in [6.07, 6.45) is 2.28. The molecule has 0 fully saturated rings. The first-order valence-electron chi connectivity index (χ1n) is 9.02. The second kappa shape index (κ2) is 8.80. The molecular weight excluding hydrogens is 471 g/mol. The maximum atomic E-state index is 13.9. The van der Waals surface area contributed by atoms with Crippen LogP contribution < -0.4 is 10.6 Å². The first-order chi connectivity index (χ1) is 14.5. The summed E-state index contributed by atoms with van der Waals surface area (Å²) in [4.78, 5) is 21.7. The van der Waals surface area contributed by atoms with Gasteiger partial charge in [-0.2, -0.15) is 14.6 Å². The number of nitrogens with zero attached hydrogens (tertiary/aromatic N) is 4. The van der Waals surface area contributed by atoms with E-state index in [4.69, 9.17) is 0 Å². The fourth-order valence-corrected chi connectivity index (χ4v) is 3.94. The highest BCUT2D eigenvalue weighted by Crippen LogP contribution is 2.29. The maximum absolute atomic E-state index is 13.9. The summed E-state index contributed by atoms with van der Waals surface area (Å²) in [5, 5.41) is 10.3. The number of halogens is 2. The summed E-state index contributed by atoms with van der Waals surface area (Å²) in [6, 6.07) is 13.2. The normalized spacial score (nSPS) is 10.9. The van der Waals surface area contributed by atoms with Crippen LogP contribution in [0.2, 0.25) is 0 Å². The Morgan fingerprint density at radius 3 is 2.70 bits per heavy atom. The van der Waals surface area contributed by atoms with Crippen LogP contribution in [0.5, 0.6) is 0 Å². The van der Waals surface area contributed by atoms with E-state index in [1.54, 1.807) is 22.7 Å². The molecule has 2 N–H and O–H groups in total. The number of rotatable bonds is 5. The number of aryl methyl sites for hydroxylation is 1. The van der Waals surface area contributed by atoms with Crippen molar-refractivity contribution in [3.63, 3.8) is 0 Å². The molecule has 2 aromatic carbocycles. The van der Waals surface area contributed by atoms with Crippen LogP contribution in [0.4, 0.5) is 20.6 Å². The molecule has 0 saturated heterocycles. The van der Waals surface area contributed by atoms with Crippen molar-refractivity contribution in [2.45, 2.75) is 23.3 Å².